The predicted molar refractivity (Wildman–Crippen MR) is 109 cm³/mol. The molecule has 0 aliphatic rings. The van der Waals surface area contributed by atoms with E-state index in [0.29, 0.717) is 22.2 Å². The lowest BCUT2D eigenvalue weighted by atomic mass is 10.1. The molecule has 0 radical (unpaired) electrons. The molecule has 1 aromatic heterocycles. The highest BCUT2D eigenvalue weighted by Crippen LogP contribution is 2.24. The number of hydrogen-bond donors (Lipinski definition) is 2. The van der Waals surface area contributed by atoms with E-state index in [-0.39, 0.29) is 11.7 Å². The Morgan fingerprint density at radius 1 is 1.11 bits per heavy atom. The largest absolute Gasteiger partial charge is 0.497 e. The molecule has 28 heavy (non-hydrogen) atoms. The Hall–Kier alpha value is -3.13. The van der Waals surface area contributed by atoms with Gasteiger partial charge >= 0.3 is 0 Å². The van der Waals surface area contributed by atoms with Crippen molar-refractivity contribution in [1.29, 1.82) is 0 Å². The lowest BCUT2D eigenvalue weighted by molar-refractivity contribution is -0.115. The number of ketones is 1. The molecule has 1 unspecified atom stereocenters. The molecular formula is C20H20N4O3S. The number of carbonyl (C=O) groups excluding carboxylic acids is 2. The van der Waals surface area contributed by atoms with Crippen molar-refractivity contribution in [2.75, 3.05) is 12.4 Å². The average molecular weight is 396 g/mol. The van der Waals surface area contributed by atoms with Gasteiger partial charge in [0.2, 0.25) is 11.1 Å². The molecule has 1 amide bonds. The molecule has 0 bridgehead atoms. The van der Waals surface area contributed by atoms with E-state index in [1.807, 2.05) is 24.3 Å². The van der Waals surface area contributed by atoms with E-state index >= 15 is 0 Å². The van der Waals surface area contributed by atoms with Crippen molar-refractivity contribution in [3.63, 3.8) is 0 Å². The number of anilines is 1. The number of benzene rings is 2. The van der Waals surface area contributed by atoms with Crippen LogP contribution in [-0.4, -0.2) is 39.2 Å². The van der Waals surface area contributed by atoms with Crippen molar-refractivity contribution >= 4 is 29.1 Å². The quantitative estimate of drug-likeness (QED) is 0.466. The molecular weight excluding hydrogens is 376 g/mol. The van der Waals surface area contributed by atoms with E-state index < -0.39 is 5.25 Å². The molecule has 0 aliphatic heterocycles. The van der Waals surface area contributed by atoms with Gasteiger partial charge < -0.3 is 10.1 Å². The third-order valence-corrected chi connectivity index (χ3v) is 5.00. The number of aromatic nitrogens is 3. The van der Waals surface area contributed by atoms with Crippen LogP contribution in [0.15, 0.2) is 53.7 Å². The summed E-state index contributed by atoms with van der Waals surface area (Å²) in [7, 11) is 1.61. The van der Waals surface area contributed by atoms with Gasteiger partial charge in [0.1, 0.15) is 5.75 Å². The number of amides is 1. The number of H-pyrrole nitrogens is 1. The Morgan fingerprint density at radius 2 is 1.79 bits per heavy atom. The van der Waals surface area contributed by atoms with Crippen molar-refractivity contribution < 1.29 is 14.3 Å². The zero-order valence-corrected chi connectivity index (χ0v) is 16.5. The Balaban J connectivity index is 1.60. The summed E-state index contributed by atoms with van der Waals surface area (Å²) in [5, 5.41) is 9.98. The molecule has 2 N–H and O–H groups in total. The Kier molecular flexibility index (Phi) is 6.10. The van der Waals surface area contributed by atoms with Crippen molar-refractivity contribution in [3.8, 4) is 17.1 Å². The normalized spacial score (nSPS) is 11.7. The third-order valence-electron chi connectivity index (χ3n) is 4.04. The fourth-order valence-electron chi connectivity index (χ4n) is 2.42. The number of nitrogens with zero attached hydrogens (tertiary/aromatic N) is 2. The first-order valence-corrected chi connectivity index (χ1v) is 9.49. The summed E-state index contributed by atoms with van der Waals surface area (Å²) in [4.78, 5) is 28.2. The molecule has 0 saturated carbocycles. The van der Waals surface area contributed by atoms with Crippen LogP contribution >= 0.6 is 11.8 Å². The van der Waals surface area contributed by atoms with Crippen LogP contribution in [0.4, 0.5) is 5.69 Å². The maximum absolute atomic E-state index is 12.4. The first-order chi connectivity index (χ1) is 13.5. The van der Waals surface area contributed by atoms with Gasteiger partial charge in [0.05, 0.1) is 12.4 Å². The van der Waals surface area contributed by atoms with Crippen molar-refractivity contribution in [2.45, 2.75) is 24.3 Å². The van der Waals surface area contributed by atoms with E-state index in [1.54, 1.807) is 38.3 Å². The summed E-state index contributed by atoms with van der Waals surface area (Å²) >= 11 is 1.26. The minimum Gasteiger partial charge on any atom is -0.497 e. The molecule has 2 aromatic carbocycles. The summed E-state index contributed by atoms with van der Waals surface area (Å²) in [5.41, 5.74) is 2.12. The number of nitrogens with one attached hydrogen (secondary N) is 2. The van der Waals surface area contributed by atoms with Gasteiger partial charge in [-0.1, -0.05) is 11.8 Å². The zero-order chi connectivity index (χ0) is 20.1. The van der Waals surface area contributed by atoms with Gasteiger partial charge in [-0.05, 0) is 62.4 Å². The second-order valence-electron chi connectivity index (χ2n) is 6.08. The molecule has 0 saturated heterocycles. The van der Waals surface area contributed by atoms with E-state index in [2.05, 4.69) is 20.5 Å². The molecule has 3 rings (SSSR count). The smallest absolute Gasteiger partial charge is 0.237 e. The number of thioether (sulfide) groups is 1. The van der Waals surface area contributed by atoms with Crippen molar-refractivity contribution in [2.24, 2.45) is 0 Å². The van der Waals surface area contributed by atoms with Gasteiger partial charge in [-0.25, -0.2) is 4.98 Å². The van der Waals surface area contributed by atoms with Crippen LogP contribution in [0.25, 0.3) is 11.4 Å². The number of hydrogen-bond acceptors (Lipinski definition) is 6. The molecule has 1 atom stereocenters. The molecule has 8 heteroatoms. The van der Waals surface area contributed by atoms with Gasteiger partial charge in [0.15, 0.2) is 11.6 Å². The first-order valence-electron chi connectivity index (χ1n) is 8.61. The van der Waals surface area contributed by atoms with Gasteiger partial charge in [-0.15, -0.1) is 5.10 Å². The maximum Gasteiger partial charge on any atom is 0.237 e. The van der Waals surface area contributed by atoms with Crippen LogP contribution in [-0.2, 0) is 4.79 Å². The fraction of sp³-hybridized carbons (Fsp3) is 0.200. The molecule has 144 valence electrons. The lowest BCUT2D eigenvalue weighted by Crippen LogP contribution is -2.22. The lowest BCUT2D eigenvalue weighted by Gasteiger charge is -2.10. The second kappa shape index (κ2) is 8.71. The predicted octanol–water partition coefficient (Wildman–Crippen LogP) is 3.80. The monoisotopic (exact) mass is 396 g/mol. The number of rotatable bonds is 7. The highest BCUT2D eigenvalue weighted by atomic mass is 32.2. The highest BCUT2D eigenvalue weighted by molar-refractivity contribution is 8.00. The summed E-state index contributed by atoms with van der Waals surface area (Å²) in [6.07, 6.45) is 0. The maximum atomic E-state index is 12.4. The van der Waals surface area contributed by atoms with Gasteiger partial charge in [-0.2, -0.15) is 0 Å². The van der Waals surface area contributed by atoms with E-state index in [1.165, 1.54) is 18.7 Å². The Bertz CT molecular complexity index is 968. The van der Waals surface area contributed by atoms with Gasteiger partial charge in [0.25, 0.3) is 0 Å². The van der Waals surface area contributed by atoms with Crippen LogP contribution in [0.5, 0.6) is 5.75 Å². The number of Topliss-reactive ketones (excluding diaryl/α,β-unsaturated/α-hetero) is 1. The van der Waals surface area contributed by atoms with E-state index in [4.69, 9.17) is 4.74 Å². The van der Waals surface area contributed by atoms with Crippen LogP contribution in [0.2, 0.25) is 0 Å². The molecule has 0 spiro atoms. The van der Waals surface area contributed by atoms with Crippen LogP contribution in [0.1, 0.15) is 24.2 Å². The molecule has 1 heterocycles. The number of methoxy groups -OCH3 is 1. The second-order valence-corrected chi connectivity index (χ2v) is 7.39. The fourth-order valence-corrected chi connectivity index (χ4v) is 3.15. The molecule has 7 nitrogen and oxygen atoms in total. The number of aromatic amines is 1. The molecule has 0 fully saturated rings. The van der Waals surface area contributed by atoms with E-state index in [0.717, 1.165) is 11.3 Å². The Morgan fingerprint density at radius 3 is 2.39 bits per heavy atom. The molecule has 3 aromatic rings. The van der Waals surface area contributed by atoms with Gasteiger partial charge in [0, 0.05) is 16.8 Å². The minimum absolute atomic E-state index is 0.0147. The first kappa shape index (κ1) is 19.6. The summed E-state index contributed by atoms with van der Waals surface area (Å²) in [6, 6.07) is 14.2. The van der Waals surface area contributed by atoms with Crippen molar-refractivity contribution in [1.82, 2.24) is 15.2 Å². The zero-order valence-electron chi connectivity index (χ0n) is 15.7. The van der Waals surface area contributed by atoms with Crippen molar-refractivity contribution in [3.05, 3.63) is 54.1 Å². The average Bonchev–Trinajstić information content (AvgIpc) is 3.17. The van der Waals surface area contributed by atoms with E-state index in [9.17, 15) is 9.59 Å². The minimum atomic E-state index is -0.396. The van der Waals surface area contributed by atoms with Crippen LogP contribution < -0.4 is 10.1 Å². The van der Waals surface area contributed by atoms with Crippen LogP contribution in [0.3, 0.4) is 0 Å². The highest BCUT2D eigenvalue weighted by Gasteiger charge is 2.18. The standard InChI is InChI=1S/C20H20N4O3S/c1-12(25)14-4-8-16(9-5-14)21-19(26)13(2)28-20-22-18(23-24-20)15-6-10-17(27-3)11-7-15/h4-11,13H,1-3H3,(H,21,26)(H,22,23,24). The number of ether oxygens (including phenoxy) is 1. The third kappa shape index (κ3) is 4.77. The Labute approximate surface area is 166 Å². The summed E-state index contributed by atoms with van der Waals surface area (Å²) < 4.78 is 5.14. The van der Waals surface area contributed by atoms with Gasteiger partial charge in [-0.3, -0.25) is 14.7 Å². The SMILES string of the molecule is COc1ccc(-c2nc(SC(C)C(=O)Nc3ccc(C(C)=O)cc3)n[nH]2)cc1. The topological polar surface area (TPSA) is 97.0 Å². The van der Waals surface area contributed by atoms with Crippen LogP contribution in [0, 0.1) is 0 Å². The number of carbonyl (C=O) groups is 2. The summed E-state index contributed by atoms with van der Waals surface area (Å²) in [6.45, 7) is 3.29. The summed E-state index contributed by atoms with van der Waals surface area (Å²) in [5.74, 6) is 1.20. The molecule has 0 aliphatic carbocycles.